The Bertz CT molecular complexity index is 314. The molecule has 140 valence electrons. The lowest BCUT2D eigenvalue weighted by Gasteiger charge is -2.22. The van der Waals surface area contributed by atoms with Crippen LogP contribution >= 0.6 is 0 Å². The van der Waals surface area contributed by atoms with Gasteiger partial charge in [-0.15, -0.1) is 0 Å². The van der Waals surface area contributed by atoms with Crippen molar-refractivity contribution in [2.45, 2.75) is 122 Å². The quantitative estimate of drug-likeness (QED) is 0.477. The smallest absolute Gasteiger partial charge is 0.0175 e. The summed E-state index contributed by atoms with van der Waals surface area (Å²) in [4.78, 5) is 2.70. The van der Waals surface area contributed by atoms with Gasteiger partial charge in [0.1, 0.15) is 0 Å². The first-order valence-electron chi connectivity index (χ1n) is 11.4. The maximum absolute atomic E-state index is 2.70. The minimum atomic E-state index is 1.33. The number of hydrogen-bond acceptors (Lipinski definition) is 1. The summed E-state index contributed by atoms with van der Waals surface area (Å²) < 4.78 is 0. The Labute approximate surface area is 152 Å². The standard InChI is InChI=1S/C23H43N/c1-2-4-6-8-10-12-14-16-20-23(24-21-17-18-22-24)19-15-13-11-9-7-5-3-1/h19H,1-18,20-22H2. The fourth-order valence-electron chi connectivity index (χ4n) is 4.41. The SMILES string of the molecule is C1=C(N2CCCC2)CCCCCCCCCCCCCCCCC1. The predicted molar refractivity (Wildman–Crippen MR) is 107 cm³/mol. The second kappa shape index (κ2) is 13.8. The maximum atomic E-state index is 2.70. The minimum Gasteiger partial charge on any atom is -0.375 e. The second-order valence-electron chi connectivity index (χ2n) is 8.23. The van der Waals surface area contributed by atoms with Crippen molar-refractivity contribution in [3.05, 3.63) is 11.8 Å². The normalized spacial score (nSPS) is 24.7. The molecule has 1 aliphatic heterocycles. The van der Waals surface area contributed by atoms with Crippen molar-refractivity contribution in [1.29, 1.82) is 0 Å². The minimum absolute atomic E-state index is 1.33. The maximum Gasteiger partial charge on any atom is 0.0175 e. The Hall–Kier alpha value is -0.460. The molecule has 1 heterocycles. The topological polar surface area (TPSA) is 3.24 Å². The van der Waals surface area contributed by atoms with Gasteiger partial charge in [0.2, 0.25) is 0 Å². The molecule has 0 unspecified atom stereocenters. The monoisotopic (exact) mass is 333 g/mol. The molecule has 24 heavy (non-hydrogen) atoms. The molecule has 0 N–H and O–H groups in total. The number of allylic oxidation sites excluding steroid dienone is 2. The molecule has 0 aromatic rings. The Kier molecular flexibility index (Phi) is 11.4. The van der Waals surface area contributed by atoms with Crippen LogP contribution in [0.25, 0.3) is 0 Å². The van der Waals surface area contributed by atoms with Crippen LogP contribution in [0.2, 0.25) is 0 Å². The van der Waals surface area contributed by atoms with Crippen molar-refractivity contribution in [2.75, 3.05) is 13.1 Å². The zero-order chi connectivity index (χ0) is 16.7. The molecule has 0 radical (unpaired) electrons. The van der Waals surface area contributed by atoms with Crippen molar-refractivity contribution < 1.29 is 0 Å². The molecule has 1 aliphatic carbocycles. The zero-order valence-corrected chi connectivity index (χ0v) is 16.4. The van der Waals surface area contributed by atoms with Crippen LogP contribution in [-0.4, -0.2) is 18.0 Å². The summed E-state index contributed by atoms with van der Waals surface area (Å²) in [5.74, 6) is 0. The summed E-state index contributed by atoms with van der Waals surface area (Å²) in [6, 6.07) is 0. The van der Waals surface area contributed by atoms with Crippen molar-refractivity contribution in [3.63, 3.8) is 0 Å². The van der Waals surface area contributed by atoms with Crippen molar-refractivity contribution in [2.24, 2.45) is 0 Å². The molecule has 1 nitrogen and oxygen atoms in total. The molecule has 0 aromatic heterocycles. The highest BCUT2D eigenvalue weighted by atomic mass is 15.1. The first-order valence-corrected chi connectivity index (χ1v) is 11.4. The lowest BCUT2D eigenvalue weighted by atomic mass is 10.0. The van der Waals surface area contributed by atoms with Crippen molar-refractivity contribution >= 4 is 0 Å². The van der Waals surface area contributed by atoms with E-state index in [1.54, 1.807) is 5.70 Å². The Morgan fingerprint density at radius 1 is 0.458 bits per heavy atom. The average Bonchev–Trinajstić information content (AvgIpc) is 3.12. The van der Waals surface area contributed by atoms with E-state index in [4.69, 9.17) is 0 Å². The van der Waals surface area contributed by atoms with Gasteiger partial charge in [0, 0.05) is 18.8 Å². The third kappa shape index (κ3) is 9.14. The highest BCUT2D eigenvalue weighted by Crippen LogP contribution is 2.22. The zero-order valence-electron chi connectivity index (χ0n) is 16.4. The fraction of sp³-hybridized carbons (Fsp3) is 0.913. The van der Waals surface area contributed by atoms with E-state index >= 15 is 0 Å². The summed E-state index contributed by atoms with van der Waals surface area (Å²) in [5, 5.41) is 0. The van der Waals surface area contributed by atoms with E-state index in [9.17, 15) is 0 Å². The number of hydrogen-bond donors (Lipinski definition) is 0. The molecule has 0 saturated carbocycles. The molecule has 0 atom stereocenters. The van der Waals surface area contributed by atoms with Crippen LogP contribution in [0.4, 0.5) is 0 Å². The van der Waals surface area contributed by atoms with Crippen LogP contribution < -0.4 is 0 Å². The molecule has 2 rings (SSSR count). The lowest BCUT2D eigenvalue weighted by molar-refractivity contribution is 0.399. The summed E-state index contributed by atoms with van der Waals surface area (Å²) >= 11 is 0. The van der Waals surface area contributed by atoms with Crippen LogP contribution in [0.1, 0.15) is 122 Å². The van der Waals surface area contributed by atoms with Crippen LogP contribution in [-0.2, 0) is 0 Å². The summed E-state index contributed by atoms with van der Waals surface area (Å²) in [7, 11) is 0. The Balaban J connectivity index is 1.72. The second-order valence-corrected chi connectivity index (χ2v) is 8.23. The van der Waals surface area contributed by atoms with Gasteiger partial charge in [-0.25, -0.2) is 0 Å². The molecule has 2 aliphatic rings. The third-order valence-electron chi connectivity index (χ3n) is 6.03. The van der Waals surface area contributed by atoms with Crippen molar-refractivity contribution in [1.82, 2.24) is 4.90 Å². The lowest BCUT2D eigenvalue weighted by Crippen LogP contribution is -2.18. The number of likely N-dealkylation sites (tertiary alicyclic amines) is 1. The van der Waals surface area contributed by atoms with E-state index in [0.717, 1.165) is 0 Å². The van der Waals surface area contributed by atoms with E-state index in [0.29, 0.717) is 0 Å². The molecule has 1 heteroatoms. The van der Waals surface area contributed by atoms with Crippen LogP contribution in [0.3, 0.4) is 0 Å². The molecule has 0 bridgehead atoms. The van der Waals surface area contributed by atoms with E-state index in [-0.39, 0.29) is 0 Å². The number of nitrogens with zero attached hydrogens (tertiary/aromatic N) is 1. The van der Waals surface area contributed by atoms with E-state index in [1.807, 2.05) is 0 Å². The third-order valence-corrected chi connectivity index (χ3v) is 6.03. The van der Waals surface area contributed by atoms with Crippen LogP contribution in [0.5, 0.6) is 0 Å². The van der Waals surface area contributed by atoms with E-state index in [1.165, 1.54) is 135 Å². The van der Waals surface area contributed by atoms with Crippen LogP contribution in [0, 0.1) is 0 Å². The molecule has 1 fully saturated rings. The van der Waals surface area contributed by atoms with E-state index in [2.05, 4.69) is 11.0 Å². The van der Waals surface area contributed by atoms with Gasteiger partial charge >= 0.3 is 0 Å². The van der Waals surface area contributed by atoms with Gasteiger partial charge in [-0.3, -0.25) is 0 Å². The molecular formula is C23H43N. The van der Waals surface area contributed by atoms with Gasteiger partial charge < -0.3 is 4.90 Å². The van der Waals surface area contributed by atoms with Crippen molar-refractivity contribution in [3.8, 4) is 0 Å². The van der Waals surface area contributed by atoms with Crippen LogP contribution in [0.15, 0.2) is 11.8 Å². The van der Waals surface area contributed by atoms with Gasteiger partial charge in [0.05, 0.1) is 0 Å². The molecule has 0 amide bonds. The average molecular weight is 334 g/mol. The highest BCUT2D eigenvalue weighted by molar-refractivity contribution is 5.03. The van der Waals surface area contributed by atoms with Gasteiger partial charge in [-0.2, -0.15) is 0 Å². The van der Waals surface area contributed by atoms with Gasteiger partial charge in [0.15, 0.2) is 0 Å². The fourth-order valence-corrected chi connectivity index (χ4v) is 4.41. The summed E-state index contributed by atoms with van der Waals surface area (Å²) in [6.45, 7) is 2.65. The number of rotatable bonds is 1. The molecular weight excluding hydrogens is 290 g/mol. The highest BCUT2D eigenvalue weighted by Gasteiger charge is 2.14. The summed E-state index contributed by atoms with van der Waals surface area (Å²) in [5.41, 5.74) is 1.70. The molecule has 0 aromatic carbocycles. The first kappa shape index (κ1) is 19.9. The first-order chi connectivity index (χ1) is 12.0. The summed E-state index contributed by atoms with van der Waals surface area (Å²) in [6.07, 6.45) is 30.1. The predicted octanol–water partition coefficient (Wildman–Crippen LogP) is 7.61. The molecule has 1 saturated heterocycles. The molecule has 0 spiro atoms. The van der Waals surface area contributed by atoms with Gasteiger partial charge in [-0.1, -0.05) is 89.5 Å². The van der Waals surface area contributed by atoms with Gasteiger partial charge in [-0.05, 0) is 38.5 Å². The Morgan fingerprint density at radius 3 is 1.38 bits per heavy atom. The van der Waals surface area contributed by atoms with Gasteiger partial charge in [0.25, 0.3) is 0 Å². The largest absolute Gasteiger partial charge is 0.375 e. The van der Waals surface area contributed by atoms with E-state index < -0.39 is 0 Å². The Morgan fingerprint density at radius 2 is 0.875 bits per heavy atom.